The molecule has 2 aromatic carbocycles. The number of hydrogen-bond acceptors (Lipinski definition) is 4. The molecule has 0 amide bonds. The fourth-order valence-corrected chi connectivity index (χ4v) is 2.65. The first-order chi connectivity index (χ1) is 11.8. The SMILES string of the molecule is CC(C)(N=C=O)c1ccc(Cc2ccc(C(C)(C)N=C=O)cc2)cc1. The van der Waals surface area contributed by atoms with Gasteiger partial charge in [-0.15, -0.1) is 0 Å². The minimum Gasteiger partial charge on any atom is -0.211 e. The van der Waals surface area contributed by atoms with Crippen molar-refractivity contribution >= 4 is 12.2 Å². The standard InChI is InChI=1S/C21H22N2O2/c1-20(2,22-14-24)18-9-5-16(6-10-18)13-17-7-11-19(12-8-17)21(3,4)23-15-25/h5-12H,13H2,1-4H3. The second-order valence-electron chi connectivity index (χ2n) is 7.09. The summed E-state index contributed by atoms with van der Waals surface area (Å²) in [5, 5.41) is 0. The van der Waals surface area contributed by atoms with Gasteiger partial charge in [0, 0.05) is 0 Å². The Morgan fingerprint density at radius 2 is 1.00 bits per heavy atom. The van der Waals surface area contributed by atoms with Crippen LogP contribution >= 0.6 is 0 Å². The van der Waals surface area contributed by atoms with Gasteiger partial charge in [-0.3, -0.25) is 0 Å². The molecule has 0 spiro atoms. The van der Waals surface area contributed by atoms with Crippen LogP contribution in [0.15, 0.2) is 58.5 Å². The van der Waals surface area contributed by atoms with Gasteiger partial charge in [0.1, 0.15) is 0 Å². The van der Waals surface area contributed by atoms with E-state index in [1.54, 1.807) is 12.2 Å². The van der Waals surface area contributed by atoms with Crippen LogP contribution in [-0.2, 0) is 27.1 Å². The molecule has 4 nitrogen and oxygen atoms in total. The fourth-order valence-electron chi connectivity index (χ4n) is 2.65. The van der Waals surface area contributed by atoms with Gasteiger partial charge in [0.2, 0.25) is 12.2 Å². The first-order valence-corrected chi connectivity index (χ1v) is 8.15. The molecule has 0 N–H and O–H groups in total. The molecule has 0 heterocycles. The van der Waals surface area contributed by atoms with Crippen molar-refractivity contribution in [1.29, 1.82) is 0 Å². The number of nitrogens with zero attached hydrogens (tertiary/aromatic N) is 2. The van der Waals surface area contributed by atoms with Crippen LogP contribution < -0.4 is 0 Å². The molecular formula is C21H22N2O2. The van der Waals surface area contributed by atoms with Crippen molar-refractivity contribution in [2.24, 2.45) is 9.98 Å². The molecule has 0 bridgehead atoms. The van der Waals surface area contributed by atoms with E-state index in [1.165, 1.54) is 11.1 Å². The van der Waals surface area contributed by atoms with Crippen molar-refractivity contribution in [2.45, 2.75) is 45.2 Å². The van der Waals surface area contributed by atoms with Crippen LogP contribution in [0, 0.1) is 0 Å². The van der Waals surface area contributed by atoms with E-state index in [9.17, 15) is 9.59 Å². The van der Waals surface area contributed by atoms with Crippen LogP contribution in [0.5, 0.6) is 0 Å². The molecule has 0 atom stereocenters. The number of benzene rings is 2. The van der Waals surface area contributed by atoms with E-state index >= 15 is 0 Å². The summed E-state index contributed by atoms with van der Waals surface area (Å²) >= 11 is 0. The van der Waals surface area contributed by atoms with Gasteiger partial charge in [-0.2, -0.15) is 9.98 Å². The third kappa shape index (κ3) is 4.60. The van der Waals surface area contributed by atoms with Gasteiger partial charge in [-0.05, 0) is 56.4 Å². The van der Waals surface area contributed by atoms with Gasteiger partial charge in [-0.25, -0.2) is 9.59 Å². The Bertz CT molecular complexity index is 750. The molecule has 0 aliphatic rings. The second kappa shape index (κ2) is 7.40. The predicted octanol–water partition coefficient (Wildman–Crippen LogP) is 4.42. The monoisotopic (exact) mass is 334 g/mol. The summed E-state index contributed by atoms with van der Waals surface area (Å²) in [6, 6.07) is 16.2. The minimum atomic E-state index is -0.563. The Kier molecular flexibility index (Phi) is 5.48. The summed E-state index contributed by atoms with van der Waals surface area (Å²) in [4.78, 5) is 28.7. The van der Waals surface area contributed by atoms with Gasteiger partial charge in [-0.1, -0.05) is 48.5 Å². The van der Waals surface area contributed by atoms with Crippen molar-refractivity contribution in [1.82, 2.24) is 0 Å². The summed E-state index contributed by atoms with van der Waals surface area (Å²) < 4.78 is 0. The molecule has 2 aromatic rings. The molecule has 128 valence electrons. The first-order valence-electron chi connectivity index (χ1n) is 8.15. The molecule has 0 aliphatic heterocycles. The number of rotatable bonds is 6. The molecule has 0 saturated carbocycles. The Balaban J connectivity index is 2.15. The summed E-state index contributed by atoms with van der Waals surface area (Å²) in [6.07, 6.45) is 4.06. The van der Waals surface area contributed by atoms with E-state index in [2.05, 4.69) is 9.98 Å². The molecule has 0 unspecified atom stereocenters. The molecule has 0 radical (unpaired) electrons. The second-order valence-corrected chi connectivity index (χ2v) is 7.09. The summed E-state index contributed by atoms with van der Waals surface area (Å²) in [7, 11) is 0. The topological polar surface area (TPSA) is 58.9 Å². The van der Waals surface area contributed by atoms with Gasteiger partial charge in [0.05, 0.1) is 11.1 Å². The lowest BCUT2D eigenvalue weighted by Gasteiger charge is -2.19. The average molecular weight is 334 g/mol. The number of isocyanates is 2. The number of hydrogen-bond donors (Lipinski definition) is 0. The van der Waals surface area contributed by atoms with Gasteiger partial charge >= 0.3 is 0 Å². The van der Waals surface area contributed by atoms with Gasteiger partial charge in [0.15, 0.2) is 0 Å². The lowest BCUT2D eigenvalue weighted by atomic mass is 9.92. The van der Waals surface area contributed by atoms with Crippen LogP contribution in [0.2, 0.25) is 0 Å². The van der Waals surface area contributed by atoms with E-state index in [4.69, 9.17) is 0 Å². The van der Waals surface area contributed by atoms with E-state index in [0.717, 1.165) is 17.5 Å². The summed E-state index contributed by atoms with van der Waals surface area (Å²) in [5.41, 5.74) is 3.17. The van der Waals surface area contributed by atoms with Crippen LogP contribution in [0.3, 0.4) is 0 Å². The molecular weight excluding hydrogens is 312 g/mol. The van der Waals surface area contributed by atoms with E-state index in [0.29, 0.717) is 0 Å². The zero-order valence-corrected chi connectivity index (χ0v) is 15.0. The zero-order chi connectivity index (χ0) is 18.5. The van der Waals surface area contributed by atoms with Crippen molar-refractivity contribution in [3.05, 3.63) is 70.8 Å². The van der Waals surface area contributed by atoms with Gasteiger partial charge in [0.25, 0.3) is 0 Å². The molecule has 0 fully saturated rings. The smallest absolute Gasteiger partial charge is 0.211 e. The molecule has 0 aliphatic carbocycles. The fraction of sp³-hybridized carbons (Fsp3) is 0.333. The lowest BCUT2D eigenvalue weighted by molar-refractivity contribution is 0.522. The lowest BCUT2D eigenvalue weighted by Crippen LogP contribution is -2.13. The normalized spacial score (nSPS) is 11.4. The number of aliphatic imine (C=N–C) groups is 2. The summed E-state index contributed by atoms with van der Waals surface area (Å²) in [6.45, 7) is 7.54. The highest BCUT2D eigenvalue weighted by atomic mass is 16.1. The van der Waals surface area contributed by atoms with E-state index in [-0.39, 0.29) is 0 Å². The Morgan fingerprint density at radius 1 is 0.680 bits per heavy atom. The Labute approximate surface area is 148 Å². The van der Waals surface area contributed by atoms with Crippen molar-refractivity contribution < 1.29 is 9.59 Å². The van der Waals surface area contributed by atoms with E-state index in [1.807, 2.05) is 76.2 Å². The Morgan fingerprint density at radius 3 is 1.28 bits per heavy atom. The highest BCUT2D eigenvalue weighted by Gasteiger charge is 2.20. The van der Waals surface area contributed by atoms with E-state index < -0.39 is 11.1 Å². The van der Waals surface area contributed by atoms with Crippen LogP contribution in [0.1, 0.15) is 49.9 Å². The molecule has 25 heavy (non-hydrogen) atoms. The minimum absolute atomic E-state index is 0.563. The largest absolute Gasteiger partial charge is 0.235 e. The quantitative estimate of drug-likeness (QED) is 0.580. The van der Waals surface area contributed by atoms with Gasteiger partial charge < -0.3 is 0 Å². The average Bonchev–Trinajstić information content (AvgIpc) is 2.56. The van der Waals surface area contributed by atoms with Crippen LogP contribution in [0.4, 0.5) is 0 Å². The van der Waals surface area contributed by atoms with Crippen LogP contribution in [0.25, 0.3) is 0 Å². The molecule has 0 saturated heterocycles. The third-order valence-electron chi connectivity index (χ3n) is 4.38. The highest BCUT2D eigenvalue weighted by Crippen LogP contribution is 2.26. The zero-order valence-electron chi connectivity index (χ0n) is 15.0. The Hall–Kier alpha value is -2.80. The highest BCUT2D eigenvalue weighted by molar-refractivity contribution is 5.40. The molecule has 2 rings (SSSR count). The van der Waals surface area contributed by atoms with Crippen molar-refractivity contribution in [2.75, 3.05) is 0 Å². The maximum atomic E-state index is 10.5. The maximum absolute atomic E-state index is 10.5. The maximum Gasteiger partial charge on any atom is 0.235 e. The first kappa shape index (κ1) is 18.5. The number of carbonyl (C=O) groups excluding carboxylic acids is 2. The molecule has 4 heteroatoms. The van der Waals surface area contributed by atoms with Crippen molar-refractivity contribution in [3.8, 4) is 0 Å². The molecule has 0 aromatic heterocycles. The third-order valence-corrected chi connectivity index (χ3v) is 4.38. The predicted molar refractivity (Wildman–Crippen MR) is 98.0 cm³/mol. The summed E-state index contributed by atoms with van der Waals surface area (Å²) in [5.74, 6) is 0. The van der Waals surface area contributed by atoms with Crippen molar-refractivity contribution in [3.63, 3.8) is 0 Å². The van der Waals surface area contributed by atoms with Crippen LogP contribution in [-0.4, -0.2) is 12.2 Å².